The van der Waals surface area contributed by atoms with E-state index in [4.69, 9.17) is 0 Å². The molecular formula is C20H27N3O. The Morgan fingerprint density at radius 3 is 2.83 bits per heavy atom. The lowest BCUT2D eigenvalue weighted by molar-refractivity contribution is 0.0926. The van der Waals surface area contributed by atoms with Crippen molar-refractivity contribution in [1.29, 1.82) is 0 Å². The molecule has 1 heterocycles. The Morgan fingerprint density at radius 2 is 2.12 bits per heavy atom. The van der Waals surface area contributed by atoms with Gasteiger partial charge in [0.25, 0.3) is 5.91 Å². The van der Waals surface area contributed by atoms with E-state index in [2.05, 4.69) is 17.3 Å². The predicted molar refractivity (Wildman–Crippen MR) is 95.9 cm³/mol. The lowest BCUT2D eigenvalue weighted by Gasteiger charge is -2.21. The van der Waals surface area contributed by atoms with Crippen molar-refractivity contribution in [2.75, 3.05) is 0 Å². The molecule has 1 N–H and O–H groups in total. The smallest absolute Gasteiger partial charge is 0.251 e. The molecule has 2 atom stereocenters. The Kier molecular flexibility index (Phi) is 5.68. The first-order valence-corrected chi connectivity index (χ1v) is 9.13. The third kappa shape index (κ3) is 4.25. The standard InChI is InChI=1S/C20H27N3O/c1-2-3-6-17-7-4-8-19(17)22-20(24)18-11-9-16(10-12-18)15-23-14-5-13-21-23/h5,9-14,17,19H,2-4,6-8,15H2,1H3,(H,22,24). The van der Waals surface area contributed by atoms with Gasteiger partial charge in [-0.15, -0.1) is 0 Å². The second-order valence-corrected chi connectivity index (χ2v) is 6.81. The molecule has 4 heteroatoms. The van der Waals surface area contributed by atoms with Crippen LogP contribution in [0, 0.1) is 5.92 Å². The number of amides is 1. The first kappa shape index (κ1) is 16.7. The first-order valence-electron chi connectivity index (χ1n) is 9.13. The highest BCUT2D eigenvalue weighted by molar-refractivity contribution is 5.94. The number of nitrogens with zero attached hydrogens (tertiary/aromatic N) is 2. The van der Waals surface area contributed by atoms with Crippen LogP contribution < -0.4 is 5.32 Å². The van der Waals surface area contributed by atoms with E-state index in [1.54, 1.807) is 6.20 Å². The zero-order valence-corrected chi connectivity index (χ0v) is 14.4. The quantitative estimate of drug-likeness (QED) is 0.836. The second kappa shape index (κ2) is 8.13. The number of hydrogen-bond acceptors (Lipinski definition) is 2. The molecule has 1 aliphatic carbocycles. The maximum Gasteiger partial charge on any atom is 0.251 e. The Morgan fingerprint density at radius 1 is 1.29 bits per heavy atom. The number of nitrogens with one attached hydrogen (secondary N) is 1. The van der Waals surface area contributed by atoms with Gasteiger partial charge >= 0.3 is 0 Å². The topological polar surface area (TPSA) is 46.9 Å². The third-order valence-corrected chi connectivity index (χ3v) is 5.02. The summed E-state index contributed by atoms with van der Waals surface area (Å²) in [7, 11) is 0. The van der Waals surface area contributed by atoms with Crippen LogP contribution in [0.1, 0.15) is 61.4 Å². The number of hydrogen-bond donors (Lipinski definition) is 1. The monoisotopic (exact) mass is 325 g/mol. The summed E-state index contributed by atoms with van der Waals surface area (Å²) in [5.41, 5.74) is 1.90. The summed E-state index contributed by atoms with van der Waals surface area (Å²) in [6.07, 6.45) is 11.1. The highest BCUT2D eigenvalue weighted by Crippen LogP contribution is 2.30. The maximum absolute atomic E-state index is 12.5. The largest absolute Gasteiger partial charge is 0.349 e. The molecule has 2 unspecified atom stereocenters. The molecule has 1 aliphatic rings. The third-order valence-electron chi connectivity index (χ3n) is 5.02. The molecule has 1 amide bonds. The van der Waals surface area contributed by atoms with Crippen LogP contribution in [0.5, 0.6) is 0 Å². The van der Waals surface area contributed by atoms with Gasteiger partial charge in [0.2, 0.25) is 0 Å². The van der Waals surface area contributed by atoms with Crippen LogP contribution in [0.3, 0.4) is 0 Å². The van der Waals surface area contributed by atoms with Crippen molar-refractivity contribution in [1.82, 2.24) is 15.1 Å². The fourth-order valence-corrected chi connectivity index (χ4v) is 3.63. The summed E-state index contributed by atoms with van der Waals surface area (Å²) in [6.45, 7) is 2.96. The zero-order chi connectivity index (χ0) is 16.8. The predicted octanol–water partition coefficient (Wildman–Crippen LogP) is 4.02. The van der Waals surface area contributed by atoms with Gasteiger partial charge in [-0.2, -0.15) is 5.10 Å². The van der Waals surface area contributed by atoms with Gasteiger partial charge in [-0.05, 0) is 48.9 Å². The van der Waals surface area contributed by atoms with Crippen LogP contribution in [0.15, 0.2) is 42.7 Å². The Hall–Kier alpha value is -2.10. The molecule has 0 saturated heterocycles. The molecule has 1 aromatic carbocycles. The Balaban J connectivity index is 1.56. The molecule has 3 rings (SSSR count). The maximum atomic E-state index is 12.5. The van der Waals surface area contributed by atoms with Crippen molar-refractivity contribution >= 4 is 5.91 Å². The Labute approximate surface area is 144 Å². The normalized spacial score (nSPS) is 20.2. The summed E-state index contributed by atoms with van der Waals surface area (Å²) < 4.78 is 1.88. The van der Waals surface area contributed by atoms with Crippen molar-refractivity contribution < 1.29 is 4.79 Å². The van der Waals surface area contributed by atoms with Crippen LogP contribution >= 0.6 is 0 Å². The van der Waals surface area contributed by atoms with E-state index in [9.17, 15) is 4.79 Å². The van der Waals surface area contributed by atoms with E-state index >= 15 is 0 Å². The molecule has 0 bridgehead atoms. The lowest BCUT2D eigenvalue weighted by Crippen LogP contribution is -2.37. The van der Waals surface area contributed by atoms with Crippen LogP contribution in [-0.2, 0) is 6.54 Å². The minimum atomic E-state index is 0.0639. The average Bonchev–Trinajstić information content (AvgIpc) is 3.25. The number of aromatic nitrogens is 2. The van der Waals surface area contributed by atoms with Gasteiger partial charge < -0.3 is 5.32 Å². The van der Waals surface area contributed by atoms with Crippen molar-refractivity contribution in [2.45, 2.75) is 58.0 Å². The summed E-state index contributed by atoms with van der Waals surface area (Å²) in [5, 5.41) is 7.47. The van der Waals surface area contributed by atoms with Crippen LogP contribution in [0.4, 0.5) is 0 Å². The molecule has 4 nitrogen and oxygen atoms in total. The summed E-state index contributed by atoms with van der Waals surface area (Å²) in [6, 6.07) is 10.1. The summed E-state index contributed by atoms with van der Waals surface area (Å²) in [5.74, 6) is 0.724. The number of carbonyl (C=O) groups excluding carboxylic acids is 1. The van der Waals surface area contributed by atoms with Gasteiger partial charge in [0, 0.05) is 24.0 Å². The van der Waals surface area contributed by atoms with Crippen LogP contribution in [-0.4, -0.2) is 21.7 Å². The fourth-order valence-electron chi connectivity index (χ4n) is 3.63. The molecule has 1 saturated carbocycles. The van der Waals surface area contributed by atoms with E-state index in [1.165, 1.54) is 32.1 Å². The molecule has 2 aromatic rings. The SMILES string of the molecule is CCCCC1CCCC1NC(=O)c1ccc(Cn2cccn2)cc1. The van der Waals surface area contributed by atoms with Gasteiger partial charge in [0.1, 0.15) is 0 Å². The average molecular weight is 325 g/mol. The van der Waals surface area contributed by atoms with Crippen molar-refractivity contribution in [3.63, 3.8) is 0 Å². The molecular weight excluding hydrogens is 298 g/mol. The van der Waals surface area contributed by atoms with Gasteiger partial charge in [-0.25, -0.2) is 0 Å². The number of unbranched alkanes of at least 4 members (excludes halogenated alkanes) is 1. The minimum Gasteiger partial charge on any atom is -0.349 e. The van der Waals surface area contributed by atoms with E-state index in [1.807, 2.05) is 41.2 Å². The lowest BCUT2D eigenvalue weighted by atomic mass is 9.96. The van der Waals surface area contributed by atoms with Crippen molar-refractivity contribution in [2.24, 2.45) is 5.92 Å². The number of rotatable bonds is 7. The summed E-state index contributed by atoms with van der Waals surface area (Å²) in [4.78, 5) is 12.5. The number of benzene rings is 1. The molecule has 128 valence electrons. The van der Waals surface area contributed by atoms with Crippen LogP contribution in [0.25, 0.3) is 0 Å². The Bertz CT molecular complexity index is 633. The van der Waals surface area contributed by atoms with Crippen molar-refractivity contribution in [3.05, 3.63) is 53.9 Å². The molecule has 0 radical (unpaired) electrons. The molecule has 0 aliphatic heterocycles. The van der Waals surface area contributed by atoms with Crippen LogP contribution in [0.2, 0.25) is 0 Å². The summed E-state index contributed by atoms with van der Waals surface area (Å²) >= 11 is 0. The number of carbonyl (C=O) groups is 1. The minimum absolute atomic E-state index is 0.0639. The van der Waals surface area contributed by atoms with Crippen molar-refractivity contribution in [3.8, 4) is 0 Å². The highest BCUT2D eigenvalue weighted by atomic mass is 16.1. The molecule has 1 aromatic heterocycles. The molecule has 0 spiro atoms. The van der Waals surface area contributed by atoms with Gasteiger partial charge in [-0.3, -0.25) is 9.48 Å². The highest BCUT2D eigenvalue weighted by Gasteiger charge is 2.28. The zero-order valence-electron chi connectivity index (χ0n) is 14.4. The molecule has 1 fully saturated rings. The second-order valence-electron chi connectivity index (χ2n) is 6.81. The van der Waals surface area contributed by atoms with E-state index in [0.29, 0.717) is 12.0 Å². The van der Waals surface area contributed by atoms with Gasteiger partial charge in [0.15, 0.2) is 0 Å². The van der Waals surface area contributed by atoms with E-state index < -0.39 is 0 Å². The van der Waals surface area contributed by atoms with E-state index in [0.717, 1.165) is 24.1 Å². The van der Waals surface area contributed by atoms with Gasteiger partial charge in [0.05, 0.1) is 6.54 Å². The molecule has 24 heavy (non-hydrogen) atoms. The van der Waals surface area contributed by atoms with E-state index in [-0.39, 0.29) is 5.91 Å². The van der Waals surface area contributed by atoms with Gasteiger partial charge in [-0.1, -0.05) is 38.3 Å². The first-order chi connectivity index (χ1) is 11.8. The fraction of sp³-hybridized carbons (Fsp3) is 0.500.